The number of carbonyl (C=O) groups excluding carboxylic acids is 1. The predicted molar refractivity (Wildman–Crippen MR) is 91.1 cm³/mol. The topological polar surface area (TPSA) is 30.0 Å². The monoisotopic (exact) mass is 401 g/mol. The van der Waals surface area contributed by atoms with Crippen molar-refractivity contribution in [2.75, 3.05) is 14.1 Å². The number of nitrogens with zero attached hydrogens (tertiary/aromatic N) is 2. The molecule has 2 aromatic rings. The van der Waals surface area contributed by atoms with Gasteiger partial charge in [0.2, 0.25) is 0 Å². The minimum absolute atomic E-state index is 0.0196. The van der Waals surface area contributed by atoms with Gasteiger partial charge in [0.15, 0.2) is 0 Å². The Labute approximate surface area is 137 Å². The van der Waals surface area contributed by atoms with E-state index in [0.29, 0.717) is 10.7 Å². The molecule has 0 bridgehead atoms. The van der Waals surface area contributed by atoms with Gasteiger partial charge in [-0.15, -0.1) is 0 Å². The molecule has 1 aromatic carbocycles. The molecule has 0 aliphatic rings. The molecule has 104 valence electrons. The summed E-state index contributed by atoms with van der Waals surface area (Å²) < 4.78 is 1.29. The average molecular weight is 402 g/mol. The van der Waals surface area contributed by atoms with Gasteiger partial charge in [0, 0.05) is 15.8 Å². The van der Waals surface area contributed by atoms with E-state index in [1.165, 1.54) is 11.8 Å². The molecule has 0 atom stereocenters. The highest BCUT2D eigenvalue weighted by Gasteiger charge is 2.31. The zero-order valence-electron chi connectivity index (χ0n) is 11.5. The lowest BCUT2D eigenvalue weighted by molar-refractivity contribution is 0.0831. The van der Waals surface area contributed by atoms with E-state index in [1.54, 1.807) is 12.1 Å². The van der Waals surface area contributed by atoms with Crippen LogP contribution in [0.3, 0.4) is 0 Å². The Kier molecular flexibility index (Phi) is 4.46. The van der Waals surface area contributed by atoms with Crippen molar-refractivity contribution in [1.29, 1.82) is 0 Å². The summed E-state index contributed by atoms with van der Waals surface area (Å²) in [6.45, 7) is 2.05. The maximum atomic E-state index is 12.7. The van der Waals surface area contributed by atoms with Crippen molar-refractivity contribution in [2.24, 2.45) is 0 Å². The van der Waals surface area contributed by atoms with Crippen molar-refractivity contribution in [2.45, 2.75) is 6.92 Å². The average Bonchev–Trinajstić information content (AvgIpc) is 2.41. The number of quaternary nitrogens is 1. The summed E-state index contributed by atoms with van der Waals surface area (Å²) in [5, 5.41) is 0.386. The molecule has 2 rings (SSSR count). The van der Waals surface area contributed by atoms with Crippen LogP contribution in [0.1, 0.15) is 15.9 Å². The van der Waals surface area contributed by atoms with Crippen LogP contribution in [0, 0.1) is 10.5 Å². The second-order valence-electron chi connectivity index (χ2n) is 5.06. The lowest BCUT2D eigenvalue weighted by atomic mass is 10.1. The van der Waals surface area contributed by atoms with Crippen LogP contribution in [0.4, 0.5) is 5.69 Å². The Morgan fingerprint density at radius 3 is 2.50 bits per heavy atom. The molecule has 1 aromatic heterocycles. The van der Waals surface area contributed by atoms with Crippen LogP contribution in [0.25, 0.3) is 0 Å². The van der Waals surface area contributed by atoms with Gasteiger partial charge in [-0.05, 0) is 53.3 Å². The molecule has 3 nitrogen and oxygen atoms in total. The standard InChI is InChI=1S/C15H15ClIN2O/c1-10-4-6-12(8-13(10)17)19(2,3)15(20)11-5-7-14(16)18-9-11/h4-9H,1-3H3/q+1. The van der Waals surface area contributed by atoms with E-state index in [0.717, 1.165) is 9.26 Å². The number of aryl methyl sites for hydroxylation is 1. The van der Waals surface area contributed by atoms with Gasteiger partial charge in [-0.1, -0.05) is 17.7 Å². The van der Waals surface area contributed by atoms with Crippen molar-refractivity contribution >= 4 is 45.8 Å². The molecular formula is C15H15ClIN2O+. The third-order valence-electron chi connectivity index (χ3n) is 3.28. The number of halogens is 2. The Bertz CT molecular complexity index is 653. The van der Waals surface area contributed by atoms with Crippen LogP contribution < -0.4 is 4.48 Å². The lowest BCUT2D eigenvalue weighted by Gasteiger charge is -2.26. The van der Waals surface area contributed by atoms with Gasteiger partial charge in [-0.3, -0.25) is 0 Å². The molecule has 0 radical (unpaired) electrons. The van der Waals surface area contributed by atoms with Crippen molar-refractivity contribution in [1.82, 2.24) is 9.47 Å². The van der Waals surface area contributed by atoms with Gasteiger partial charge in [-0.2, -0.15) is 0 Å². The number of benzene rings is 1. The third-order valence-corrected chi connectivity index (χ3v) is 4.67. The van der Waals surface area contributed by atoms with Gasteiger partial charge >= 0.3 is 5.91 Å². The smallest absolute Gasteiger partial charge is 0.244 e. The van der Waals surface area contributed by atoms with E-state index in [4.69, 9.17) is 11.6 Å². The van der Waals surface area contributed by atoms with Crippen LogP contribution in [-0.2, 0) is 0 Å². The zero-order chi connectivity index (χ0) is 14.9. The van der Waals surface area contributed by atoms with Gasteiger partial charge in [0.1, 0.15) is 10.8 Å². The molecule has 0 aliphatic carbocycles. The van der Waals surface area contributed by atoms with Gasteiger partial charge < -0.3 is 0 Å². The number of aromatic nitrogens is 1. The third kappa shape index (κ3) is 3.02. The van der Waals surface area contributed by atoms with Crippen LogP contribution in [-0.4, -0.2) is 25.0 Å². The van der Waals surface area contributed by atoms with Gasteiger partial charge in [0.05, 0.1) is 19.7 Å². The maximum Gasteiger partial charge on any atom is 0.352 e. The second-order valence-corrected chi connectivity index (χ2v) is 6.61. The Morgan fingerprint density at radius 1 is 1.25 bits per heavy atom. The van der Waals surface area contributed by atoms with Crippen molar-refractivity contribution < 1.29 is 4.79 Å². The van der Waals surface area contributed by atoms with E-state index >= 15 is 0 Å². The minimum Gasteiger partial charge on any atom is -0.244 e. The second kappa shape index (κ2) is 5.79. The molecule has 0 aliphatic heterocycles. The molecular weight excluding hydrogens is 387 g/mol. The maximum absolute atomic E-state index is 12.7. The SMILES string of the molecule is Cc1ccc([N+](C)(C)C(=O)c2ccc(Cl)nc2)cc1I. The molecule has 0 unspecified atom stereocenters. The molecule has 0 saturated carbocycles. The highest BCUT2D eigenvalue weighted by atomic mass is 127. The summed E-state index contributed by atoms with van der Waals surface area (Å²) in [7, 11) is 3.75. The first-order valence-corrected chi connectivity index (χ1v) is 7.55. The van der Waals surface area contributed by atoms with Crippen molar-refractivity contribution in [3.05, 3.63) is 56.4 Å². The number of carbonyl (C=O) groups is 1. The van der Waals surface area contributed by atoms with Crippen LogP contribution in [0.5, 0.6) is 0 Å². The van der Waals surface area contributed by atoms with Crippen molar-refractivity contribution in [3.8, 4) is 0 Å². The molecule has 5 heteroatoms. The normalized spacial score (nSPS) is 11.4. The molecule has 0 N–H and O–H groups in total. The number of rotatable bonds is 2. The first-order valence-electron chi connectivity index (χ1n) is 6.09. The molecule has 1 heterocycles. The first-order chi connectivity index (χ1) is 9.32. The van der Waals surface area contributed by atoms with E-state index in [1.807, 2.05) is 32.3 Å². The lowest BCUT2D eigenvalue weighted by Crippen LogP contribution is -2.46. The quantitative estimate of drug-likeness (QED) is 0.432. The number of amides is 1. The fourth-order valence-corrected chi connectivity index (χ4v) is 2.48. The summed E-state index contributed by atoms with van der Waals surface area (Å²) >= 11 is 8.04. The Balaban J connectivity index is 2.40. The molecule has 0 fully saturated rings. The summed E-state index contributed by atoms with van der Waals surface area (Å²) in [4.78, 5) is 16.6. The Hall–Kier alpha value is -0.980. The number of hydrogen-bond donors (Lipinski definition) is 0. The highest BCUT2D eigenvalue weighted by Crippen LogP contribution is 2.26. The first kappa shape index (κ1) is 15.4. The van der Waals surface area contributed by atoms with Crippen LogP contribution in [0.2, 0.25) is 5.15 Å². The molecule has 0 saturated heterocycles. The molecule has 1 amide bonds. The van der Waals surface area contributed by atoms with Gasteiger partial charge in [0.25, 0.3) is 0 Å². The Morgan fingerprint density at radius 2 is 1.95 bits per heavy atom. The fourth-order valence-electron chi connectivity index (χ4n) is 1.87. The van der Waals surface area contributed by atoms with Crippen LogP contribution in [0.15, 0.2) is 36.5 Å². The fraction of sp³-hybridized carbons (Fsp3) is 0.200. The largest absolute Gasteiger partial charge is 0.352 e. The van der Waals surface area contributed by atoms with Gasteiger partial charge in [-0.25, -0.2) is 14.3 Å². The number of pyridine rings is 1. The van der Waals surface area contributed by atoms with E-state index < -0.39 is 0 Å². The molecule has 0 spiro atoms. The van der Waals surface area contributed by atoms with E-state index in [-0.39, 0.29) is 10.4 Å². The van der Waals surface area contributed by atoms with E-state index in [2.05, 4.69) is 34.5 Å². The summed E-state index contributed by atoms with van der Waals surface area (Å²) in [5.41, 5.74) is 2.70. The van der Waals surface area contributed by atoms with Crippen molar-refractivity contribution in [3.63, 3.8) is 0 Å². The predicted octanol–water partition coefficient (Wildman–Crippen LogP) is 4.06. The van der Waals surface area contributed by atoms with E-state index in [9.17, 15) is 4.79 Å². The summed E-state index contributed by atoms with van der Waals surface area (Å²) in [5.74, 6) is -0.0196. The zero-order valence-corrected chi connectivity index (χ0v) is 14.4. The minimum atomic E-state index is -0.0196. The summed E-state index contributed by atoms with van der Waals surface area (Å²) in [6, 6.07) is 9.39. The summed E-state index contributed by atoms with van der Waals surface area (Å²) in [6.07, 6.45) is 1.52. The number of hydrogen-bond acceptors (Lipinski definition) is 2. The molecule has 20 heavy (non-hydrogen) atoms. The highest BCUT2D eigenvalue weighted by molar-refractivity contribution is 14.1. The van der Waals surface area contributed by atoms with Crippen LogP contribution >= 0.6 is 34.2 Å².